The van der Waals surface area contributed by atoms with Gasteiger partial charge in [-0.1, -0.05) is 29.3 Å². The summed E-state index contributed by atoms with van der Waals surface area (Å²) in [4.78, 5) is 18.4. The summed E-state index contributed by atoms with van der Waals surface area (Å²) in [5.74, 6) is 0.687. The van der Waals surface area contributed by atoms with Crippen molar-refractivity contribution in [3.05, 3.63) is 52.6 Å². The molecular weight excluding hydrogens is 342 g/mol. The van der Waals surface area contributed by atoms with E-state index in [4.69, 9.17) is 0 Å². The van der Waals surface area contributed by atoms with Crippen molar-refractivity contribution in [2.75, 3.05) is 18.9 Å². The Bertz CT molecular complexity index is 628. The maximum absolute atomic E-state index is 12.4. The Morgan fingerprint density at radius 2 is 2.00 bits per heavy atom. The molecule has 1 aromatic heterocycles. The molecule has 5 heteroatoms. The summed E-state index contributed by atoms with van der Waals surface area (Å²) in [6.45, 7) is 2.89. The van der Waals surface area contributed by atoms with Gasteiger partial charge in [0.2, 0.25) is 0 Å². The number of unbranched alkanes of at least 4 members (excludes halogenated alkanes) is 1. The minimum atomic E-state index is 0.0229. The second-order valence-corrected chi connectivity index (χ2v) is 6.06. The average molecular weight is 362 g/mol. The van der Waals surface area contributed by atoms with Gasteiger partial charge in [0.05, 0.1) is 0 Å². The Balaban J connectivity index is 2.09. The first kappa shape index (κ1) is 16.5. The van der Waals surface area contributed by atoms with Gasteiger partial charge in [-0.05, 0) is 42.8 Å². The molecule has 0 fully saturated rings. The molecule has 0 unspecified atom stereocenters. The topological polar surface area (TPSA) is 45.2 Å². The zero-order valence-electron chi connectivity index (χ0n) is 12.8. The van der Waals surface area contributed by atoms with E-state index in [2.05, 4.69) is 33.2 Å². The van der Waals surface area contributed by atoms with Crippen LogP contribution in [0.25, 0.3) is 0 Å². The lowest BCUT2D eigenvalue weighted by atomic mass is 10.2. The lowest BCUT2D eigenvalue weighted by Gasteiger charge is -2.17. The molecule has 4 nitrogen and oxygen atoms in total. The molecule has 0 aliphatic carbocycles. The van der Waals surface area contributed by atoms with Crippen molar-refractivity contribution in [3.63, 3.8) is 0 Å². The number of anilines is 2. The number of carbonyl (C=O) groups excluding carboxylic acids is 1. The second kappa shape index (κ2) is 7.94. The minimum absolute atomic E-state index is 0.0229. The van der Waals surface area contributed by atoms with Gasteiger partial charge in [-0.25, -0.2) is 4.98 Å². The van der Waals surface area contributed by atoms with E-state index in [0.717, 1.165) is 29.5 Å². The van der Waals surface area contributed by atoms with Crippen molar-refractivity contribution in [3.8, 4) is 0 Å². The first-order valence-electron chi connectivity index (χ1n) is 7.34. The van der Waals surface area contributed by atoms with Gasteiger partial charge in [-0.2, -0.15) is 0 Å². The van der Waals surface area contributed by atoms with Gasteiger partial charge in [0.25, 0.3) is 5.91 Å². The standard InChI is InChI=1S/C17H20BrN3O/c1-3-4-11-21(2)17(22)13-9-10-19-16(12-13)20-15-7-5-14(18)6-8-15/h5-10,12H,3-4,11H2,1-2H3,(H,19,20). The van der Waals surface area contributed by atoms with Gasteiger partial charge in [-0.15, -0.1) is 0 Å². The van der Waals surface area contributed by atoms with Crippen LogP contribution >= 0.6 is 15.9 Å². The Labute approximate surface area is 139 Å². The van der Waals surface area contributed by atoms with Crippen molar-refractivity contribution >= 4 is 33.3 Å². The Kier molecular flexibility index (Phi) is 5.95. The number of benzene rings is 1. The highest BCUT2D eigenvalue weighted by molar-refractivity contribution is 9.10. The van der Waals surface area contributed by atoms with Crippen LogP contribution in [0.3, 0.4) is 0 Å². The summed E-state index contributed by atoms with van der Waals surface area (Å²) in [6.07, 6.45) is 3.74. The molecule has 0 saturated heterocycles. The fraction of sp³-hybridized carbons (Fsp3) is 0.294. The van der Waals surface area contributed by atoms with Crippen LogP contribution in [0, 0.1) is 0 Å². The molecule has 116 valence electrons. The zero-order chi connectivity index (χ0) is 15.9. The smallest absolute Gasteiger partial charge is 0.253 e. The highest BCUT2D eigenvalue weighted by Crippen LogP contribution is 2.19. The van der Waals surface area contributed by atoms with E-state index in [9.17, 15) is 4.79 Å². The van der Waals surface area contributed by atoms with Gasteiger partial charge in [0, 0.05) is 35.5 Å². The number of nitrogens with zero attached hydrogens (tertiary/aromatic N) is 2. The molecule has 0 bridgehead atoms. The summed E-state index contributed by atoms with van der Waals surface area (Å²) in [7, 11) is 1.83. The zero-order valence-corrected chi connectivity index (χ0v) is 14.4. The first-order chi connectivity index (χ1) is 10.6. The van der Waals surface area contributed by atoms with Crippen molar-refractivity contribution in [1.82, 2.24) is 9.88 Å². The largest absolute Gasteiger partial charge is 0.342 e. The third kappa shape index (κ3) is 4.56. The molecule has 0 aliphatic rings. The highest BCUT2D eigenvalue weighted by atomic mass is 79.9. The lowest BCUT2D eigenvalue weighted by molar-refractivity contribution is 0.0793. The average Bonchev–Trinajstić information content (AvgIpc) is 2.54. The van der Waals surface area contributed by atoms with Gasteiger partial charge < -0.3 is 10.2 Å². The van der Waals surface area contributed by atoms with Crippen LogP contribution in [0.15, 0.2) is 47.1 Å². The number of rotatable bonds is 6. The number of halogens is 1. The summed E-state index contributed by atoms with van der Waals surface area (Å²) in [5, 5.41) is 3.21. The molecule has 1 N–H and O–H groups in total. The van der Waals surface area contributed by atoms with Crippen LogP contribution in [-0.4, -0.2) is 29.4 Å². The normalized spacial score (nSPS) is 10.3. The molecule has 1 aromatic carbocycles. The highest BCUT2D eigenvalue weighted by Gasteiger charge is 2.12. The molecule has 2 aromatic rings. The molecule has 0 saturated carbocycles. The number of nitrogens with one attached hydrogen (secondary N) is 1. The van der Waals surface area contributed by atoms with E-state index < -0.39 is 0 Å². The maximum Gasteiger partial charge on any atom is 0.253 e. The summed E-state index contributed by atoms with van der Waals surface area (Å²) < 4.78 is 1.02. The molecule has 0 radical (unpaired) electrons. The third-order valence-corrected chi connectivity index (χ3v) is 3.85. The van der Waals surface area contributed by atoms with Crippen LogP contribution in [0.2, 0.25) is 0 Å². The van der Waals surface area contributed by atoms with Crippen LogP contribution in [0.5, 0.6) is 0 Å². The molecule has 0 atom stereocenters. The molecule has 1 heterocycles. The minimum Gasteiger partial charge on any atom is -0.342 e. The number of hydrogen-bond donors (Lipinski definition) is 1. The quantitative estimate of drug-likeness (QED) is 0.825. The monoisotopic (exact) mass is 361 g/mol. The van der Waals surface area contributed by atoms with Crippen LogP contribution in [-0.2, 0) is 0 Å². The molecular formula is C17H20BrN3O. The Hall–Kier alpha value is -1.88. The van der Waals surface area contributed by atoms with Crippen molar-refractivity contribution in [2.45, 2.75) is 19.8 Å². The predicted octanol–water partition coefficient (Wildman–Crippen LogP) is 4.46. The van der Waals surface area contributed by atoms with E-state index in [0.29, 0.717) is 11.4 Å². The van der Waals surface area contributed by atoms with E-state index in [1.807, 2.05) is 31.3 Å². The molecule has 2 rings (SSSR count). The first-order valence-corrected chi connectivity index (χ1v) is 8.13. The number of pyridine rings is 1. The van der Waals surface area contributed by atoms with Crippen LogP contribution in [0.4, 0.5) is 11.5 Å². The third-order valence-electron chi connectivity index (χ3n) is 3.32. The van der Waals surface area contributed by atoms with Crippen molar-refractivity contribution < 1.29 is 4.79 Å². The van der Waals surface area contributed by atoms with Crippen LogP contribution in [0.1, 0.15) is 30.1 Å². The fourth-order valence-corrected chi connectivity index (χ4v) is 2.29. The van der Waals surface area contributed by atoms with Crippen LogP contribution < -0.4 is 5.32 Å². The van der Waals surface area contributed by atoms with E-state index in [1.165, 1.54) is 0 Å². The molecule has 1 amide bonds. The maximum atomic E-state index is 12.4. The second-order valence-electron chi connectivity index (χ2n) is 5.14. The predicted molar refractivity (Wildman–Crippen MR) is 93.5 cm³/mol. The van der Waals surface area contributed by atoms with E-state index in [-0.39, 0.29) is 5.91 Å². The SMILES string of the molecule is CCCCN(C)C(=O)c1ccnc(Nc2ccc(Br)cc2)c1. The fourth-order valence-electron chi connectivity index (χ4n) is 2.03. The van der Waals surface area contributed by atoms with Gasteiger partial charge in [-0.3, -0.25) is 4.79 Å². The van der Waals surface area contributed by atoms with Crippen molar-refractivity contribution in [2.24, 2.45) is 0 Å². The summed E-state index contributed by atoms with van der Waals surface area (Å²) >= 11 is 3.40. The van der Waals surface area contributed by atoms with Gasteiger partial charge in [0.15, 0.2) is 0 Å². The molecule has 22 heavy (non-hydrogen) atoms. The summed E-state index contributed by atoms with van der Waals surface area (Å²) in [5.41, 5.74) is 1.58. The number of hydrogen-bond acceptors (Lipinski definition) is 3. The Morgan fingerprint density at radius 3 is 2.68 bits per heavy atom. The van der Waals surface area contributed by atoms with E-state index >= 15 is 0 Å². The lowest BCUT2D eigenvalue weighted by Crippen LogP contribution is -2.27. The van der Waals surface area contributed by atoms with Gasteiger partial charge >= 0.3 is 0 Å². The van der Waals surface area contributed by atoms with Crippen molar-refractivity contribution in [1.29, 1.82) is 0 Å². The number of aromatic nitrogens is 1. The Morgan fingerprint density at radius 1 is 1.27 bits per heavy atom. The number of carbonyl (C=O) groups is 1. The molecule has 0 aliphatic heterocycles. The van der Waals surface area contributed by atoms with E-state index in [1.54, 1.807) is 23.2 Å². The summed E-state index contributed by atoms with van der Waals surface area (Å²) in [6, 6.07) is 11.3. The molecule has 0 spiro atoms. The number of amides is 1. The van der Waals surface area contributed by atoms with Gasteiger partial charge in [0.1, 0.15) is 5.82 Å².